The predicted octanol–water partition coefficient (Wildman–Crippen LogP) is 4.26. The maximum atomic E-state index is 13.1. The van der Waals surface area contributed by atoms with E-state index in [1.54, 1.807) is 17.3 Å². The Morgan fingerprint density at radius 3 is 2.54 bits per heavy atom. The number of urea groups is 1. The number of nitrogens with one attached hydrogen (secondary N) is 1. The van der Waals surface area contributed by atoms with Crippen molar-refractivity contribution in [1.29, 1.82) is 0 Å². The van der Waals surface area contributed by atoms with Crippen LogP contribution in [0.15, 0.2) is 60.9 Å². The number of aliphatic carboxylic acids is 1. The summed E-state index contributed by atoms with van der Waals surface area (Å²) in [5.41, 5.74) is 3.13. The summed E-state index contributed by atoms with van der Waals surface area (Å²) in [4.78, 5) is 36.9. The number of nitrogens with zero attached hydrogens (tertiary/aromatic N) is 4. The summed E-state index contributed by atoms with van der Waals surface area (Å²) >= 11 is 0. The van der Waals surface area contributed by atoms with Crippen molar-refractivity contribution >= 4 is 29.3 Å². The Morgan fingerprint density at radius 1 is 1.09 bits per heavy atom. The molecule has 2 amide bonds. The van der Waals surface area contributed by atoms with E-state index in [4.69, 9.17) is 4.74 Å². The molecule has 0 saturated carbocycles. The maximum absolute atomic E-state index is 13.1. The zero-order valence-corrected chi connectivity index (χ0v) is 19.4. The molecule has 1 aromatic heterocycles. The Kier molecular flexibility index (Phi) is 6.22. The van der Waals surface area contributed by atoms with Crippen LogP contribution in [0.4, 0.5) is 22.1 Å². The van der Waals surface area contributed by atoms with E-state index in [1.165, 1.54) is 0 Å². The van der Waals surface area contributed by atoms with Crippen LogP contribution in [0.5, 0.6) is 5.75 Å². The highest BCUT2D eigenvalue weighted by atomic mass is 16.5. The second kappa shape index (κ2) is 9.61. The van der Waals surface area contributed by atoms with Gasteiger partial charge in [-0.15, -0.1) is 0 Å². The molecule has 0 spiro atoms. The van der Waals surface area contributed by atoms with Gasteiger partial charge >= 0.3 is 12.0 Å². The van der Waals surface area contributed by atoms with Crippen molar-refractivity contribution in [3.63, 3.8) is 0 Å². The third-order valence-corrected chi connectivity index (χ3v) is 6.45. The molecule has 5 rings (SSSR count). The van der Waals surface area contributed by atoms with E-state index in [9.17, 15) is 14.7 Å². The molecule has 1 saturated heterocycles. The largest absolute Gasteiger partial charge is 0.486 e. The molecule has 3 aromatic rings. The number of carboxylic acids is 1. The van der Waals surface area contributed by atoms with Gasteiger partial charge in [-0.25, -0.2) is 14.8 Å². The Balaban J connectivity index is 1.36. The molecule has 2 aromatic carbocycles. The first-order chi connectivity index (χ1) is 17.0. The SMILES string of the molecule is CCC1CN(C(=O)Nc2ccccc2)c2ccc(-c3cnc(N4CCC(C(=O)O)C4)nc3)cc2O1. The van der Waals surface area contributed by atoms with Crippen LogP contribution in [0, 0.1) is 5.92 Å². The third-order valence-electron chi connectivity index (χ3n) is 6.45. The summed E-state index contributed by atoms with van der Waals surface area (Å²) in [7, 11) is 0. The molecule has 0 radical (unpaired) electrons. The fraction of sp³-hybridized carbons (Fsp3) is 0.308. The second-order valence-electron chi connectivity index (χ2n) is 8.78. The Morgan fingerprint density at radius 2 is 1.86 bits per heavy atom. The lowest BCUT2D eigenvalue weighted by Crippen LogP contribution is -2.45. The molecule has 2 atom stereocenters. The number of hydrogen-bond donors (Lipinski definition) is 2. The zero-order chi connectivity index (χ0) is 24.4. The predicted molar refractivity (Wildman–Crippen MR) is 133 cm³/mol. The van der Waals surface area contributed by atoms with E-state index in [0.29, 0.717) is 43.4 Å². The van der Waals surface area contributed by atoms with Gasteiger partial charge in [0, 0.05) is 36.7 Å². The quantitative estimate of drug-likeness (QED) is 0.570. The van der Waals surface area contributed by atoms with Crippen LogP contribution in [0.3, 0.4) is 0 Å². The molecule has 9 nitrogen and oxygen atoms in total. The lowest BCUT2D eigenvalue weighted by molar-refractivity contribution is -0.140. The van der Waals surface area contributed by atoms with Gasteiger partial charge in [0.1, 0.15) is 11.9 Å². The third kappa shape index (κ3) is 4.75. The smallest absolute Gasteiger partial charge is 0.326 e. The summed E-state index contributed by atoms with van der Waals surface area (Å²) in [6.45, 7) is 3.54. The van der Waals surface area contributed by atoms with Gasteiger partial charge in [-0.2, -0.15) is 0 Å². The maximum Gasteiger partial charge on any atom is 0.326 e. The minimum atomic E-state index is -0.782. The number of benzene rings is 2. The van der Waals surface area contributed by atoms with Gasteiger partial charge in [-0.05, 0) is 42.7 Å². The van der Waals surface area contributed by atoms with Gasteiger partial charge in [0.25, 0.3) is 0 Å². The minimum Gasteiger partial charge on any atom is -0.486 e. The van der Waals surface area contributed by atoms with E-state index in [-0.39, 0.29) is 18.1 Å². The average molecular weight is 474 g/mol. The van der Waals surface area contributed by atoms with Crippen LogP contribution >= 0.6 is 0 Å². The number of hydrogen-bond acceptors (Lipinski definition) is 6. The van der Waals surface area contributed by atoms with Crippen molar-refractivity contribution in [1.82, 2.24) is 9.97 Å². The highest BCUT2D eigenvalue weighted by Crippen LogP contribution is 2.38. The number of fused-ring (bicyclic) bond motifs is 1. The molecule has 2 aliphatic rings. The normalized spacial score (nSPS) is 19.1. The Bertz CT molecular complexity index is 1220. The number of carboxylic acid groups (broad SMARTS) is 1. The summed E-state index contributed by atoms with van der Waals surface area (Å²) in [6, 6.07) is 14.9. The molecule has 3 heterocycles. The fourth-order valence-electron chi connectivity index (χ4n) is 4.42. The first-order valence-electron chi connectivity index (χ1n) is 11.8. The van der Waals surface area contributed by atoms with E-state index in [2.05, 4.69) is 15.3 Å². The molecule has 1 fully saturated rings. The number of rotatable bonds is 5. The molecule has 0 bridgehead atoms. The standard InChI is InChI=1S/C26H27N5O4/c1-2-21-16-31(26(34)29-20-6-4-3-5-7-20)22-9-8-17(12-23(22)35-21)19-13-27-25(28-14-19)30-11-10-18(15-30)24(32)33/h3-9,12-14,18,21H,2,10-11,15-16H2,1H3,(H,29,34)(H,32,33). The number of aromatic nitrogens is 2. The van der Waals surface area contributed by atoms with Crippen LogP contribution in [0.2, 0.25) is 0 Å². The molecule has 2 unspecified atom stereocenters. The number of carbonyl (C=O) groups is 2. The van der Waals surface area contributed by atoms with Gasteiger partial charge in [0.05, 0.1) is 18.2 Å². The van der Waals surface area contributed by atoms with Gasteiger partial charge in [0.15, 0.2) is 0 Å². The Labute approximate surface area is 203 Å². The molecule has 2 aliphatic heterocycles. The second-order valence-corrected chi connectivity index (χ2v) is 8.78. The molecule has 0 aliphatic carbocycles. The first kappa shape index (κ1) is 22.6. The zero-order valence-electron chi connectivity index (χ0n) is 19.4. The number of carbonyl (C=O) groups excluding carboxylic acids is 1. The Hall–Kier alpha value is -4.14. The van der Waals surface area contributed by atoms with E-state index >= 15 is 0 Å². The van der Waals surface area contributed by atoms with Crippen LogP contribution in [-0.2, 0) is 4.79 Å². The van der Waals surface area contributed by atoms with Crippen molar-refractivity contribution in [2.75, 3.05) is 34.8 Å². The van der Waals surface area contributed by atoms with Gasteiger partial charge < -0.3 is 20.1 Å². The van der Waals surface area contributed by atoms with E-state index < -0.39 is 5.97 Å². The van der Waals surface area contributed by atoms with Crippen molar-refractivity contribution in [2.45, 2.75) is 25.9 Å². The number of ether oxygens (including phenoxy) is 1. The van der Waals surface area contributed by atoms with Gasteiger partial charge in [0.2, 0.25) is 5.95 Å². The van der Waals surface area contributed by atoms with Gasteiger partial charge in [-0.3, -0.25) is 9.69 Å². The average Bonchev–Trinajstić information content (AvgIpc) is 3.39. The highest BCUT2D eigenvalue weighted by Gasteiger charge is 2.31. The molecule has 9 heteroatoms. The molecule has 35 heavy (non-hydrogen) atoms. The van der Waals surface area contributed by atoms with Crippen molar-refractivity contribution in [3.8, 4) is 16.9 Å². The molecular weight excluding hydrogens is 446 g/mol. The topological polar surface area (TPSA) is 108 Å². The first-order valence-corrected chi connectivity index (χ1v) is 11.8. The summed E-state index contributed by atoms with van der Waals surface area (Å²) in [6.07, 6.45) is 4.71. The molecule has 2 N–H and O–H groups in total. The fourth-order valence-corrected chi connectivity index (χ4v) is 4.42. The van der Waals surface area contributed by atoms with Crippen LogP contribution in [0.25, 0.3) is 11.1 Å². The summed E-state index contributed by atoms with van der Waals surface area (Å²) in [5, 5.41) is 12.2. The summed E-state index contributed by atoms with van der Waals surface area (Å²) < 4.78 is 6.19. The lowest BCUT2D eigenvalue weighted by Gasteiger charge is -2.34. The van der Waals surface area contributed by atoms with Crippen molar-refractivity contribution in [2.24, 2.45) is 5.92 Å². The number of amides is 2. The molecule has 180 valence electrons. The van der Waals surface area contributed by atoms with Gasteiger partial charge in [-0.1, -0.05) is 31.2 Å². The van der Waals surface area contributed by atoms with Crippen LogP contribution in [-0.4, -0.2) is 52.8 Å². The van der Waals surface area contributed by atoms with E-state index in [1.807, 2.05) is 60.4 Å². The van der Waals surface area contributed by atoms with Crippen molar-refractivity contribution in [3.05, 3.63) is 60.9 Å². The van der Waals surface area contributed by atoms with Crippen LogP contribution in [0.1, 0.15) is 19.8 Å². The number of anilines is 3. The van der Waals surface area contributed by atoms with Crippen LogP contribution < -0.4 is 19.9 Å². The highest BCUT2D eigenvalue weighted by molar-refractivity contribution is 6.03. The van der Waals surface area contributed by atoms with Crippen molar-refractivity contribution < 1.29 is 19.4 Å². The van der Waals surface area contributed by atoms with E-state index in [0.717, 1.165) is 23.2 Å². The molecular formula is C26H27N5O4. The minimum absolute atomic E-state index is 0.116. The monoisotopic (exact) mass is 473 g/mol. The lowest BCUT2D eigenvalue weighted by atomic mass is 10.1. The number of para-hydroxylation sites is 1. The summed E-state index contributed by atoms with van der Waals surface area (Å²) in [5.74, 6) is -0.00192.